The van der Waals surface area contributed by atoms with Crippen molar-refractivity contribution in [3.05, 3.63) is 0 Å². The summed E-state index contributed by atoms with van der Waals surface area (Å²) in [4.78, 5) is 25.5. The van der Waals surface area contributed by atoms with Crippen LogP contribution < -0.4 is 0 Å². The van der Waals surface area contributed by atoms with Gasteiger partial charge in [-0.15, -0.1) is 0 Å². The third-order valence-electron chi connectivity index (χ3n) is 3.42. The molecule has 0 bridgehead atoms. The molecule has 0 aliphatic carbocycles. The van der Waals surface area contributed by atoms with Gasteiger partial charge in [-0.3, -0.25) is 4.79 Å². The molecule has 5 heteroatoms. The second-order valence-electron chi connectivity index (χ2n) is 6.37. The van der Waals surface area contributed by atoms with E-state index in [-0.39, 0.29) is 12.1 Å². The number of carbonyl (C=O) groups is 2. The molecule has 1 rings (SSSR count). The SMILES string of the molecule is COC(=O)C1(C)CCCN(C(=O)OC(C)(C)C)CC1. The first-order valence-electron chi connectivity index (χ1n) is 6.74. The van der Waals surface area contributed by atoms with Crippen LogP contribution in [0.1, 0.15) is 47.0 Å². The second kappa shape index (κ2) is 5.80. The van der Waals surface area contributed by atoms with Gasteiger partial charge in [0.15, 0.2) is 0 Å². The highest BCUT2D eigenvalue weighted by atomic mass is 16.6. The molecule has 0 aromatic heterocycles. The molecule has 1 heterocycles. The molecule has 1 atom stereocenters. The van der Waals surface area contributed by atoms with Gasteiger partial charge in [0.25, 0.3) is 0 Å². The van der Waals surface area contributed by atoms with Crippen molar-refractivity contribution in [1.82, 2.24) is 4.90 Å². The lowest BCUT2D eigenvalue weighted by molar-refractivity contribution is -0.152. The number of hydrogen-bond donors (Lipinski definition) is 0. The number of nitrogens with zero attached hydrogens (tertiary/aromatic N) is 1. The maximum atomic E-state index is 12.0. The molecule has 1 saturated heterocycles. The molecule has 0 spiro atoms. The number of esters is 1. The molecule has 1 fully saturated rings. The molecular weight excluding hydrogens is 246 g/mol. The lowest BCUT2D eigenvalue weighted by Crippen LogP contribution is -2.38. The monoisotopic (exact) mass is 271 g/mol. The summed E-state index contributed by atoms with van der Waals surface area (Å²) in [7, 11) is 1.41. The highest BCUT2D eigenvalue weighted by Gasteiger charge is 2.37. The molecule has 1 amide bonds. The molecule has 5 nitrogen and oxygen atoms in total. The van der Waals surface area contributed by atoms with Gasteiger partial charge in [0.05, 0.1) is 12.5 Å². The summed E-state index contributed by atoms with van der Waals surface area (Å²) in [6.07, 6.45) is 1.82. The Morgan fingerprint density at radius 1 is 1.16 bits per heavy atom. The van der Waals surface area contributed by atoms with Gasteiger partial charge >= 0.3 is 12.1 Å². The molecule has 1 aliphatic rings. The summed E-state index contributed by atoms with van der Waals surface area (Å²) < 4.78 is 10.2. The van der Waals surface area contributed by atoms with Crippen LogP contribution >= 0.6 is 0 Å². The average molecular weight is 271 g/mol. The third kappa shape index (κ3) is 4.40. The van der Waals surface area contributed by atoms with E-state index in [0.29, 0.717) is 19.5 Å². The molecule has 1 aliphatic heterocycles. The maximum absolute atomic E-state index is 12.0. The van der Waals surface area contributed by atoms with E-state index in [1.165, 1.54) is 7.11 Å². The van der Waals surface area contributed by atoms with E-state index < -0.39 is 11.0 Å². The molecule has 110 valence electrons. The van der Waals surface area contributed by atoms with E-state index in [4.69, 9.17) is 9.47 Å². The number of hydrogen-bond acceptors (Lipinski definition) is 4. The highest BCUT2D eigenvalue weighted by molar-refractivity contribution is 5.76. The van der Waals surface area contributed by atoms with Crippen molar-refractivity contribution in [2.75, 3.05) is 20.2 Å². The highest BCUT2D eigenvalue weighted by Crippen LogP contribution is 2.32. The van der Waals surface area contributed by atoms with Gasteiger partial charge in [-0.1, -0.05) is 0 Å². The van der Waals surface area contributed by atoms with Crippen LogP contribution in [0.2, 0.25) is 0 Å². The normalized spacial score (nSPS) is 24.6. The molecule has 0 N–H and O–H groups in total. The van der Waals surface area contributed by atoms with Crippen molar-refractivity contribution in [3.8, 4) is 0 Å². The fraction of sp³-hybridized carbons (Fsp3) is 0.857. The summed E-state index contributed by atoms with van der Waals surface area (Å²) in [5.41, 5.74) is -0.986. The van der Waals surface area contributed by atoms with Crippen molar-refractivity contribution in [2.45, 2.75) is 52.6 Å². The molecule has 1 unspecified atom stereocenters. The summed E-state index contributed by atoms with van der Waals surface area (Å²) in [5, 5.41) is 0. The number of rotatable bonds is 1. The quantitative estimate of drug-likeness (QED) is 0.688. The first-order valence-corrected chi connectivity index (χ1v) is 6.74. The van der Waals surface area contributed by atoms with Gasteiger partial charge in [0.1, 0.15) is 5.60 Å². The first kappa shape index (κ1) is 15.8. The Labute approximate surface area is 115 Å². The Balaban J connectivity index is 2.64. The zero-order valence-electron chi connectivity index (χ0n) is 12.6. The molecule has 19 heavy (non-hydrogen) atoms. The fourth-order valence-electron chi connectivity index (χ4n) is 2.24. The van der Waals surface area contributed by atoms with E-state index in [0.717, 1.165) is 12.8 Å². The zero-order valence-corrected chi connectivity index (χ0v) is 12.6. The van der Waals surface area contributed by atoms with E-state index in [2.05, 4.69) is 0 Å². The Bertz CT molecular complexity index is 348. The minimum Gasteiger partial charge on any atom is -0.469 e. The van der Waals surface area contributed by atoms with Crippen LogP contribution in [-0.4, -0.2) is 42.8 Å². The lowest BCUT2D eigenvalue weighted by Gasteiger charge is -2.27. The van der Waals surface area contributed by atoms with Gasteiger partial charge in [-0.25, -0.2) is 4.79 Å². The second-order valence-corrected chi connectivity index (χ2v) is 6.37. The Morgan fingerprint density at radius 3 is 2.32 bits per heavy atom. The Hall–Kier alpha value is -1.26. The minimum absolute atomic E-state index is 0.196. The topological polar surface area (TPSA) is 55.8 Å². The first-order chi connectivity index (χ1) is 8.68. The number of likely N-dealkylation sites (tertiary alicyclic amines) is 1. The van der Waals surface area contributed by atoms with E-state index >= 15 is 0 Å². The average Bonchev–Trinajstić information content (AvgIpc) is 2.49. The van der Waals surface area contributed by atoms with Gasteiger partial charge in [-0.05, 0) is 47.0 Å². The van der Waals surface area contributed by atoms with Gasteiger partial charge < -0.3 is 14.4 Å². The van der Waals surface area contributed by atoms with E-state index in [1.54, 1.807) is 4.90 Å². The molecule has 0 aromatic carbocycles. The van der Waals surface area contributed by atoms with Crippen molar-refractivity contribution in [1.29, 1.82) is 0 Å². The van der Waals surface area contributed by atoms with Crippen LogP contribution in [-0.2, 0) is 14.3 Å². The number of carbonyl (C=O) groups excluding carboxylic acids is 2. The summed E-state index contributed by atoms with van der Waals surface area (Å²) in [5.74, 6) is -0.196. The fourth-order valence-corrected chi connectivity index (χ4v) is 2.24. The Kier molecular flexibility index (Phi) is 4.82. The molecule has 0 aromatic rings. The maximum Gasteiger partial charge on any atom is 0.410 e. The zero-order chi connectivity index (χ0) is 14.7. The third-order valence-corrected chi connectivity index (χ3v) is 3.42. The van der Waals surface area contributed by atoms with Crippen LogP contribution in [0, 0.1) is 5.41 Å². The summed E-state index contributed by atoms with van der Waals surface area (Å²) in [6.45, 7) is 8.60. The minimum atomic E-state index is -0.495. The van der Waals surface area contributed by atoms with Crippen LogP contribution in [0.4, 0.5) is 4.79 Å². The lowest BCUT2D eigenvalue weighted by atomic mass is 9.83. The van der Waals surface area contributed by atoms with Crippen molar-refractivity contribution in [3.63, 3.8) is 0 Å². The number of methoxy groups -OCH3 is 1. The van der Waals surface area contributed by atoms with Gasteiger partial charge in [0.2, 0.25) is 0 Å². The van der Waals surface area contributed by atoms with Crippen molar-refractivity contribution >= 4 is 12.1 Å². The predicted molar refractivity (Wildman–Crippen MR) is 71.8 cm³/mol. The van der Waals surface area contributed by atoms with Crippen molar-refractivity contribution < 1.29 is 19.1 Å². The van der Waals surface area contributed by atoms with E-state index in [1.807, 2.05) is 27.7 Å². The number of amides is 1. The molecule has 0 radical (unpaired) electrons. The van der Waals surface area contributed by atoms with Crippen LogP contribution in [0.5, 0.6) is 0 Å². The molecule has 0 saturated carbocycles. The largest absolute Gasteiger partial charge is 0.469 e. The number of ether oxygens (including phenoxy) is 2. The van der Waals surface area contributed by atoms with Gasteiger partial charge in [-0.2, -0.15) is 0 Å². The summed E-state index contributed by atoms with van der Waals surface area (Å²) >= 11 is 0. The van der Waals surface area contributed by atoms with Crippen LogP contribution in [0.15, 0.2) is 0 Å². The predicted octanol–water partition coefficient (Wildman–Crippen LogP) is 2.59. The van der Waals surface area contributed by atoms with Crippen molar-refractivity contribution in [2.24, 2.45) is 5.41 Å². The van der Waals surface area contributed by atoms with Gasteiger partial charge in [0, 0.05) is 13.1 Å². The Morgan fingerprint density at radius 2 is 1.79 bits per heavy atom. The van der Waals surface area contributed by atoms with Crippen LogP contribution in [0.3, 0.4) is 0 Å². The smallest absolute Gasteiger partial charge is 0.410 e. The molecular formula is C14H25NO4. The van der Waals surface area contributed by atoms with E-state index in [9.17, 15) is 9.59 Å². The summed E-state index contributed by atoms with van der Waals surface area (Å²) in [6, 6.07) is 0. The standard InChI is InChI=1S/C14H25NO4/c1-13(2,3)19-12(17)15-9-6-7-14(4,8-10-15)11(16)18-5/h6-10H2,1-5H3. The van der Waals surface area contributed by atoms with Crippen LogP contribution in [0.25, 0.3) is 0 Å².